The SMILES string of the molecule is Cn1cccc1[C@H]1[C@H](c2ccccn2)NC(=S)N1CCC(=O)Nc1ccccc1F. The number of nitrogens with zero attached hydrogens (tertiary/aromatic N) is 3. The van der Waals surface area contributed by atoms with E-state index in [0.29, 0.717) is 11.7 Å². The van der Waals surface area contributed by atoms with E-state index >= 15 is 0 Å². The molecule has 0 aliphatic carbocycles. The molecule has 3 aromatic rings. The summed E-state index contributed by atoms with van der Waals surface area (Å²) < 4.78 is 15.9. The van der Waals surface area contributed by atoms with Gasteiger partial charge in [0.2, 0.25) is 5.91 Å². The molecule has 0 bridgehead atoms. The molecule has 0 radical (unpaired) electrons. The largest absolute Gasteiger partial charge is 0.353 e. The van der Waals surface area contributed by atoms with Gasteiger partial charge in [0.1, 0.15) is 5.82 Å². The summed E-state index contributed by atoms with van der Waals surface area (Å²) >= 11 is 5.60. The van der Waals surface area contributed by atoms with Crippen LogP contribution < -0.4 is 10.6 Å². The van der Waals surface area contributed by atoms with Crippen LogP contribution in [0.2, 0.25) is 0 Å². The number of thiocarbonyl (C=S) groups is 1. The molecule has 3 heterocycles. The van der Waals surface area contributed by atoms with Crippen LogP contribution in [0.1, 0.15) is 29.9 Å². The number of pyridine rings is 1. The number of para-hydroxylation sites is 1. The topological polar surface area (TPSA) is 62.2 Å². The summed E-state index contributed by atoms with van der Waals surface area (Å²) in [5.74, 6) is -0.726. The normalized spacial score (nSPS) is 18.3. The number of nitrogens with one attached hydrogen (secondary N) is 2. The molecule has 1 aliphatic rings. The van der Waals surface area contributed by atoms with E-state index in [2.05, 4.69) is 15.6 Å². The Balaban J connectivity index is 1.53. The molecule has 1 aromatic carbocycles. The molecule has 2 N–H and O–H groups in total. The molecule has 2 aromatic heterocycles. The molecule has 4 rings (SSSR count). The Kier molecular flexibility index (Phi) is 5.76. The number of rotatable bonds is 6. The van der Waals surface area contributed by atoms with Gasteiger partial charge >= 0.3 is 0 Å². The molecule has 0 unspecified atom stereocenters. The number of aryl methyl sites for hydroxylation is 1. The van der Waals surface area contributed by atoms with Crippen LogP contribution in [0.5, 0.6) is 0 Å². The quantitative estimate of drug-likeness (QED) is 0.594. The van der Waals surface area contributed by atoms with Gasteiger partial charge in [0, 0.05) is 38.1 Å². The smallest absolute Gasteiger partial charge is 0.226 e. The monoisotopic (exact) mass is 423 g/mol. The van der Waals surface area contributed by atoms with Gasteiger partial charge in [-0.05, 0) is 48.6 Å². The van der Waals surface area contributed by atoms with Crippen molar-refractivity contribution >= 4 is 28.9 Å². The van der Waals surface area contributed by atoms with Gasteiger partial charge in [-0.1, -0.05) is 18.2 Å². The number of anilines is 1. The number of amides is 1. The highest BCUT2D eigenvalue weighted by Gasteiger charge is 2.40. The van der Waals surface area contributed by atoms with Gasteiger partial charge in [0.05, 0.1) is 23.5 Å². The predicted octanol–water partition coefficient (Wildman–Crippen LogP) is 3.56. The fourth-order valence-corrected chi connectivity index (χ4v) is 4.08. The molecular formula is C22H22FN5OS. The van der Waals surface area contributed by atoms with Crippen LogP contribution in [0.25, 0.3) is 0 Å². The molecule has 0 spiro atoms. The Morgan fingerprint density at radius 3 is 2.70 bits per heavy atom. The number of hydrogen-bond donors (Lipinski definition) is 2. The average Bonchev–Trinajstić information content (AvgIpc) is 3.31. The van der Waals surface area contributed by atoms with E-state index in [4.69, 9.17) is 12.2 Å². The van der Waals surface area contributed by atoms with Crippen molar-refractivity contribution in [2.75, 3.05) is 11.9 Å². The summed E-state index contributed by atoms with van der Waals surface area (Å²) in [7, 11) is 1.98. The van der Waals surface area contributed by atoms with Crippen LogP contribution in [0.4, 0.5) is 10.1 Å². The van der Waals surface area contributed by atoms with Crippen molar-refractivity contribution < 1.29 is 9.18 Å². The van der Waals surface area contributed by atoms with Crippen LogP contribution in [0.3, 0.4) is 0 Å². The molecule has 1 amide bonds. The first-order valence-corrected chi connectivity index (χ1v) is 10.1. The third-order valence-electron chi connectivity index (χ3n) is 5.21. The highest BCUT2D eigenvalue weighted by atomic mass is 32.1. The third kappa shape index (κ3) is 4.04. The summed E-state index contributed by atoms with van der Waals surface area (Å²) in [4.78, 5) is 19.0. The Labute approximate surface area is 179 Å². The Hall–Kier alpha value is -3.26. The van der Waals surface area contributed by atoms with Crippen molar-refractivity contribution in [1.82, 2.24) is 19.8 Å². The minimum atomic E-state index is -0.457. The molecule has 8 heteroatoms. The molecule has 154 valence electrons. The van der Waals surface area contributed by atoms with E-state index in [-0.39, 0.29) is 30.1 Å². The zero-order valence-corrected chi connectivity index (χ0v) is 17.3. The van der Waals surface area contributed by atoms with Crippen LogP contribution in [0, 0.1) is 5.82 Å². The lowest BCUT2D eigenvalue weighted by molar-refractivity contribution is -0.116. The third-order valence-corrected chi connectivity index (χ3v) is 5.56. The molecule has 30 heavy (non-hydrogen) atoms. The van der Waals surface area contributed by atoms with Gasteiger partial charge in [-0.3, -0.25) is 9.78 Å². The number of carbonyl (C=O) groups excluding carboxylic acids is 1. The summed E-state index contributed by atoms with van der Waals surface area (Å²) in [6, 6.07) is 15.7. The standard InChI is InChI=1S/C22H22FN5OS/c1-27-13-6-10-18(27)21-20(17-9-4-5-12-24-17)26-22(30)28(21)14-11-19(29)25-16-8-3-2-7-15(16)23/h2-10,12-13,20-21H,11,14H2,1H3,(H,25,29)(H,26,30)/t20-,21-/m0/s1. The fourth-order valence-electron chi connectivity index (χ4n) is 3.75. The summed E-state index contributed by atoms with van der Waals surface area (Å²) in [6.07, 6.45) is 3.91. The van der Waals surface area contributed by atoms with Gasteiger partial charge < -0.3 is 20.1 Å². The molecule has 1 saturated heterocycles. The number of benzene rings is 1. The maximum absolute atomic E-state index is 13.8. The lowest BCUT2D eigenvalue weighted by Gasteiger charge is -2.28. The fraction of sp³-hybridized carbons (Fsp3) is 0.227. The van der Waals surface area contributed by atoms with Crippen LogP contribution in [0.15, 0.2) is 67.0 Å². The first-order chi connectivity index (χ1) is 14.5. The molecule has 6 nitrogen and oxygen atoms in total. The van der Waals surface area contributed by atoms with Gasteiger partial charge in [0.25, 0.3) is 0 Å². The highest BCUT2D eigenvalue weighted by molar-refractivity contribution is 7.80. The Bertz CT molecular complexity index is 1050. The van der Waals surface area contributed by atoms with E-state index < -0.39 is 5.82 Å². The minimum Gasteiger partial charge on any atom is -0.353 e. The van der Waals surface area contributed by atoms with Crippen molar-refractivity contribution in [3.8, 4) is 0 Å². The zero-order valence-electron chi connectivity index (χ0n) is 16.5. The van der Waals surface area contributed by atoms with Crippen LogP contribution >= 0.6 is 12.2 Å². The number of carbonyl (C=O) groups is 1. The zero-order chi connectivity index (χ0) is 21.1. The number of hydrogen-bond acceptors (Lipinski definition) is 3. The van der Waals surface area contributed by atoms with Gasteiger partial charge in [-0.25, -0.2) is 4.39 Å². The van der Waals surface area contributed by atoms with Gasteiger partial charge in [-0.2, -0.15) is 0 Å². The van der Waals surface area contributed by atoms with Crippen molar-refractivity contribution in [2.24, 2.45) is 7.05 Å². The second-order valence-electron chi connectivity index (χ2n) is 7.14. The highest BCUT2D eigenvalue weighted by Crippen LogP contribution is 2.38. The molecule has 1 fully saturated rings. The van der Waals surface area contributed by atoms with E-state index in [1.165, 1.54) is 6.07 Å². The van der Waals surface area contributed by atoms with E-state index in [9.17, 15) is 9.18 Å². The molecule has 0 saturated carbocycles. The van der Waals surface area contributed by atoms with Crippen molar-refractivity contribution in [3.05, 3.63) is 84.2 Å². The first kappa shape index (κ1) is 20.0. The Morgan fingerprint density at radius 2 is 2.00 bits per heavy atom. The van der Waals surface area contributed by atoms with Crippen LogP contribution in [-0.2, 0) is 11.8 Å². The predicted molar refractivity (Wildman–Crippen MR) is 117 cm³/mol. The van der Waals surface area contributed by atoms with Crippen molar-refractivity contribution in [1.29, 1.82) is 0 Å². The average molecular weight is 424 g/mol. The summed E-state index contributed by atoms with van der Waals surface area (Å²) in [6.45, 7) is 0.394. The lowest BCUT2D eigenvalue weighted by atomic mass is 10.0. The number of halogens is 1. The second kappa shape index (κ2) is 8.62. The first-order valence-electron chi connectivity index (χ1n) is 9.68. The minimum absolute atomic E-state index is 0.117. The Morgan fingerprint density at radius 1 is 1.20 bits per heavy atom. The summed E-state index contributed by atoms with van der Waals surface area (Å²) in [5, 5.41) is 6.55. The van der Waals surface area contributed by atoms with Gasteiger partial charge in [0.15, 0.2) is 5.11 Å². The van der Waals surface area contributed by atoms with Crippen molar-refractivity contribution in [3.63, 3.8) is 0 Å². The van der Waals surface area contributed by atoms with E-state index in [0.717, 1.165) is 11.4 Å². The molecule has 1 aliphatic heterocycles. The number of aromatic nitrogens is 2. The van der Waals surface area contributed by atoms with Gasteiger partial charge in [-0.15, -0.1) is 0 Å². The molecular weight excluding hydrogens is 401 g/mol. The van der Waals surface area contributed by atoms with Crippen molar-refractivity contribution in [2.45, 2.75) is 18.5 Å². The van der Waals surface area contributed by atoms with Crippen LogP contribution in [-0.4, -0.2) is 32.0 Å². The van der Waals surface area contributed by atoms with E-state index in [1.54, 1.807) is 24.4 Å². The molecule has 2 atom stereocenters. The maximum atomic E-state index is 13.8. The lowest BCUT2D eigenvalue weighted by Crippen LogP contribution is -2.33. The maximum Gasteiger partial charge on any atom is 0.226 e. The summed E-state index contributed by atoms with van der Waals surface area (Å²) in [5.41, 5.74) is 2.12. The second-order valence-corrected chi connectivity index (χ2v) is 7.53. The van der Waals surface area contributed by atoms with E-state index in [1.807, 2.05) is 53.0 Å².